The van der Waals surface area contributed by atoms with Crippen LogP contribution in [0.15, 0.2) is 42.7 Å². The normalized spacial score (nSPS) is 10.7. The third-order valence-electron chi connectivity index (χ3n) is 2.30. The first-order valence-electron chi connectivity index (χ1n) is 5.12. The maximum atomic E-state index is 10.9. The number of nitro benzene ring substituents is 1. The van der Waals surface area contributed by atoms with E-state index in [0.29, 0.717) is 17.5 Å². The molecule has 2 aromatic rings. The summed E-state index contributed by atoms with van der Waals surface area (Å²) in [6, 6.07) is 6.32. The molecule has 0 aliphatic rings. The van der Waals surface area contributed by atoms with Gasteiger partial charge in [0.05, 0.1) is 11.1 Å². The molecule has 0 spiro atoms. The number of carbonyl (C=O) groups excluding carboxylic acids is 1. The molecule has 2 rings (SSSR count). The molecule has 1 aromatic heterocycles. The van der Waals surface area contributed by atoms with Crippen LogP contribution in [-0.2, 0) is 4.79 Å². The maximum absolute atomic E-state index is 10.9. The summed E-state index contributed by atoms with van der Waals surface area (Å²) in [6.45, 7) is 0. The van der Waals surface area contributed by atoms with Crippen LogP contribution in [-0.4, -0.2) is 21.0 Å². The summed E-state index contributed by atoms with van der Waals surface area (Å²) in [6.07, 6.45) is 6.70. The molecular formula is C12H9N3O3. The third kappa shape index (κ3) is 2.32. The summed E-state index contributed by atoms with van der Waals surface area (Å²) in [5.74, 6) is 0. The van der Waals surface area contributed by atoms with Crippen molar-refractivity contribution in [3.05, 3.63) is 58.4 Å². The number of hydrogen-bond donors (Lipinski definition) is 0. The smallest absolute Gasteiger partial charge is 0.294 e. The van der Waals surface area contributed by atoms with Crippen molar-refractivity contribution in [3.8, 4) is 5.69 Å². The van der Waals surface area contributed by atoms with Crippen LogP contribution in [0.3, 0.4) is 0 Å². The Hall–Kier alpha value is -2.76. The average molecular weight is 243 g/mol. The van der Waals surface area contributed by atoms with Crippen molar-refractivity contribution in [1.29, 1.82) is 0 Å². The summed E-state index contributed by atoms with van der Waals surface area (Å²) in [5.41, 5.74) is 1.06. The van der Waals surface area contributed by atoms with E-state index in [1.807, 2.05) is 0 Å². The molecular weight excluding hydrogens is 234 g/mol. The fraction of sp³-hybridized carbons (Fsp3) is 0. The molecule has 18 heavy (non-hydrogen) atoms. The first-order valence-corrected chi connectivity index (χ1v) is 5.12. The fourth-order valence-corrected chi connectivity index (χ4v) is 1.52. The summed E-state index contributed by atoms with van der Waals surface area (Å²) < 4.78 is 1.41. The molecule has 0 saturated heterocycles. The van der Waals surface area contributed by atoms with Crippen LogP contribution in [0.2, 0.25) is 0 Å². The molecule has 0 bridgehead atoms. The Morgan fingerprint density at radius 3 is 2.83 bits per heavy atom. The van der Waals surface area contributed by atoms with Crippen molar-refractivity contribution >= 4 is 18.0 Å². The number of nitrogens with zero attached hydrogens (tertiary/aromatic N) is 3. The SMILES string of the molecule is O=CC=Cc1cnn(-c2ccccc2[N+](=O)[O-])c1. The predicted molar refractivity (Wildman–Crippen MR) is 65.3 cm³/mol. The summed E-state index contributed by atoms with van der Waals surface area (Å²) in [4.78, 5) is 20.6. The zero-order chi connectivity index (χ0) is 13.0. The number of hydrogen-bond acceptors (Lipinski definition) is 4. The predicted octanol–water partition coefficient (Wildman–Crippen LogP) is 1.99. The van der Waals surface area contributed by atoms with E-state index in [2.05, 4.69) is 5.10 Å². The van der Waals surface area contributed by atoms with Gasteiger partial charge in [-0.2, -0.15) is 5.10 Å². The lowest BCUT2D eigenvalue weighted by Gasteiger charge is -2.01. The number of para-hydroxylation sites is 2. The lowest BCUT2D eigenvalue weighted by atomic mass is 10.2. The highest BCUT2D eigenvalue weighted by molar-refractivity contribution is 5.73. The number of rotatable bonds is 4. The molecule has 0 fully saturated rings. The van der Waals surface area contributed by atoms with Gasteiger partial charge in [-0.3, -0.25) is 14.9 Å². The Labute approximate surface area is 102 Å². The van der Waals surface area contributed by atoms with E-state index in [1.165, 1.54) is 23.0 Å². The van der Waals surface area contributed by atoms with E-state index >= 15 is 0 Å². The summed E-state index contributed by atoms with van der Waals surface area (Å²) in [5, 5.41) is 14.9. The second kappa shape index (κ2) is 5.05. The monoisotopic (exact) mass is 243 g/mol. The second-order valence-electron chi connectivity index (χ2n) is 3.46. The molecule has 6 heteroatoms. The van der Waals surface area contributed by atoms with Crippen molar-refractivity contribution in [3.63, 3.8) is 0 Å². The third-order valence-corrected chi connectivity index (χ3v) is 2.30. The van der Waals surface area contributed by atoms with Crippen LogP contribution in [0.25, 0.3) is 11.8 Å². The van der Waals surface area contributed by atoms with Gasteiger partial charge in [0.2, 0.25) is 0 Å². The van der Waals surface area contributed by atoms with E-state index < -0.39 is 4.92 Å². The van der Waals surface area contributed by atoms with Gasteiger partial charge in [-0.25, -0.2) is 4.68 Å². The van der Waals surface area contributed by atoms with Crippen LogP contribution in [0, 0.1) is 10.1 Å². The largest absolute Gasteiger partial charge is 0.299 e. The first kappa shape index (κ1) is 11.7. The number of nitro groups is 1. The molecule has 0 saturated carbocycles. The number of allylic oxidation sites excluding steroid dienone is 1. The van der Waals surface area contributed by atoms with Crippen molar-refractivity contribution in [1.82, 2.24) is 9.78 Å². The molecule has 0 N–H and O–H groups in total. The fourth-order valence-electron chi connectivity index (χ4n) is 1.52. The number of aldehydes is 1. The van der Waals surface area contributed by atoms with Crippen molar-refractivity contribution < 1.29 is 9.72 Å². The Morgan fingerprint density at radius 1 is 1.33 bits per heavy atom. The zero-order valence-corrected chi connectivity index (χ0v) is 9.26. The minimum Gasteiger partial charge on any atom is -0.299 e. The van der Waals surface area contributed by atoms with Gasteiger partial charge in [0, 0.05) is 17.8 Å². The van der Waals surface area contributed by atoms with E-state index in [9.17, 15) is 14.9 Å². The van der Waals surface area contributed by atoms with E-state index in [4.69, 9.17) is 0 Å². The Bertz CT molecular complexity index is 617. The Morgan fingerprint density at radius 2 is 2.11 bits per heavy atom. The Balaban J connectivity index is 2.43. The average Bonchev–Trinajstić information content (AvgIpc) is 2.85. The second-order valence-corrected chi connectivity index (χ2v) is 3.46. The van der Waals surface area contributed by atoms with E-state index in [1.54, 1.807) is 30.5 Å². The van der Waals surface area contributed by atoms with Crippen molar-refractivity contribution in [2.45, 2.75) is 0 Å². The van der Waals surface area contributed by atoms with Crippen molar-refractivity contribution in [2.75, 3.05) is 0 Å². The quantitative estimate of drug-likeness (QED) is 0.356. The molecule has 0 atom stereocenters. The zero-order valence-electron chi connectivity index (χ0n) is 9.26. The number of aromatic nitrogens is 2. The van der Waals surface area contributed by atoms with Gasteiger partial charge in [-0.15, -0.1) is 0 Å². The molecule has 0 aliphatic heterocycles. The van der Waals surface area contributed by atoms with Gasteiger partial charge in [-0.1, -0.05) is 12.1 Å². The van der Waals surface area contributed by atoms with Crippen molar-refractivity contribution in [2.24, 2.45) is 0 Å². The highest BCUT2D eigenvalue weighted by Crippen LogP contribution is 2.21. The van der Waals surface area contributed by atoms with Crippen LogP contribution in [0.5, 0.6) is 0 Å². The molecule has 1 aromatic carbocycles. The number of benzene rings is 1. The van der Waals surface area contributed by atoms with Crippen LogP contribution in [0.4, 0.5) is 5.69 Å². The Kier molecular flexibility index (Phi) is 3.29. The maximum Gasteiger partial charge on any atom is 0.294 e. The van der Waals surface area contributed by atoms with Crippen LogP contribution in [0.1, 0.15) is 5.56 Å². The van der Waals surface area contributed by atoms with Gasteiger partial charge in [-0.05, 0) is 18.2 Å². The van der Waals surface area contributed by atoms with E-state index in [-0.39, 0.29) is 5.69 Å². The molecule has 1 heterocycles. The minimum atomic E-state index is -0.460. The van der Waals surface area contributed by atoms with Gasteiger partial charge >= 0.3 is 0 Å². The minimum absolute atomic E-state index is 0.0217. The molecule has 6 nitrogen and oxygen atoms in total. The molecule has 0 unspecified atom stereocenters. The van der Waals surface area contributed by atoms with Gasteiger partial charge in [0.15, 0.2) is 0 Å². The van der Waals surface area contributed by atoms with Crippen LogP contribution < -0.4 is 0 Å². The molecule has 0 aliphatic carbocycles. The summed E-state index contributed by atoms with van der Waals surface area (Å²) in [7, 11) is 0. The lowest BCUT2D eigenvalue weighted by molar-refractivity contribution is -0.384. The first-order chi connectivity index (χ1) is 8.72. The highest BCUT2D eigenvalue weighted by Gasteiger charge is 2.14. The number of carbonyl (C=O) groups is 1. The summed E-state index contributed by atoms with van der Waals surface area (Å²) >= 11 is 0. The molecule has 0 amide bonds. The lowest BCUT2D eigenvalue weighted by Crippen LogP contribution is -1.99. The molecule has 0 radical (unpaired) electrons. The van der Waals surface area contributed by atoms with Crippen LogP contribution >= 0.6 is 0 Å². The van der Waals surface area contributed by atoms with E-state index in [0.717, 1.165) is 0 Å². The molecule has 90 valence electrons. The standard InChI is InChI=1S/C12H9N3O3/c16-7-3-4-10-8-13-14(9-10)11-5-1-2-6-12(11)15(17)18/h1-9H. The topological polar surface area (TPSA) is 78.0 Å². The van der Waals surface area contributed by atoms with Gasteiger partial charge in [0.25, 0.3) is 5.69 Å². The highest BCUT2D eigenvalue weighted by atomic mass is 16.6. The van der Waals surface area contributed by atoms with Gasteiger partial charge < -0.3 is 0 Å². The van der Waals surface area contributed by atoms with Gasteiger partial charge in [0.1, 0.15) is 12.0 Å².